The largest absolute Gasteiger partial charge is 0.369 e. The number of hydrogen-bond acceptors (Lipinski definition) is 3. The van der Waals surface area contributed by atoms with Crippen molar-refractivity contribution in [1.82, 2.24) is 9.88 Å². The second-order valence-electron chi connectivity index (χ2n) is 5.44. The monoisotopic (exact) mass is 249 g/mol. The SMILES string of the molecule is CCC(c1cccc(NCCN(C)C)n1)C(C)C. The van der Waals surface area contributed by atoms with Gasteiger partial charge in [-0.1, -0.05) is 26.8 Å². The molecule has 0 spiro atoms. The molecule has 0 fully saturated rings. The molecule has 0 aliphatic carbocycles. The summed E-state index contributed by atoms with van der Waals surface area (Å²) in [6.07, 6.45) is 1.14. The fourth-order valence-corrected chi connectivity index (χ4v) is 2.19. The van der Waals surface area contributed by atoms with E-state index in [1.165, 1.54) is 5.69 Å². The van der Waals surface area contributed by atoms with Crippen molar-refractivity contribution < 1.29 is 0 Å². The number of nitrogens with one attached hydrogen (secondary N) is 1. The molecule has 0 amide bonds. The average molecular weight is 249 g/mol. The van der Waals surface area contributed by atoms with Crippen molar-refractivity contribution in [2.24, 2.45) is 5.92 Å². The fourth-order valence-electron chi connectivity index (χ4n) is 2.19. The first-order chi connectivity index (χ1) is 8.54. The molecule has 1 aromatic heterocycles. The smallest absolute Gasteiger partial charge is 0.126 e. The van der Waals surface area contributed by atoms with Crippen molar-refractivity contribution in [3.05, 3.63) is 23.9 Å². The third-order valence-electron chi connectivity index (χ3n) is 3.26. The molecule has 3 heteroatoms. The maximum absolute atomic E-state index is 4.73. The van der Waals surface area contributed by atoms with Crippen molar-refractivity contribution in [3.63, 3.8) is 0 Å². The molecule has 18 heavy (non-hydrogen) atoms. The van der Waals surface area contributed by atoms with Gasteiger partial charge in [0.15, 0.2) is 0 Å². The Morgan fingerprint density at radius 3 is 2.56 bits per heavy atom. The summed E-state index contributed by atoms with van der Waals surface area (Å²) in [6.45, 7) is 8.72. The average Bonchev–Trinajstić information content (AvgIpc) is 2.29. The van der Waals surface area contributed by atoms with E-state index in [0.29, 0.717) is 11.8 Å². The number of pyridine rings is 1. The first kappa shape index (κ1) is 15.0. The molecular formula is C15H27N3. The van der Waals surface area contributed by atoms with Gasteiger partial charge in [0.25, 0.3) is 0 Å². The second-order valence-corrected chi connectivity index (χ2v) is 5.44. The fraction of sp³-hybridized carbons (Fsp3) is 0.667. The molecule has 102 valence electrons. The lowest BCUT2D eigenvalue weighted by Crippen LogP contribution is -2.21. The zero-order valence-electron chi connectivity index (χ0n) is 12.4. The van der Waals surface area contributed by atoms with E-state index in [4.69, 9.17) is 4.98 Å². The van der Waals surface area contributed by atoms with E-state index in [2.05, 4.69) is 57.2 Å². The van der Waals surface area contributed by atoms with Crippen LogP contribution in [-0.2, 0) is 0 Å². The van der Waals surface area contributed by atoms with Crippen molar-refractivity contribution in [2.45, 2.75) is 33.1 Å². The normalized spacial score (nSPS) is 13.1. The minimum Gasteiger partial charge on any atom is -0.369 e. The van der Waals surface area contributed by atoms with Crippen LogP contribution in [0.5, 0.6) is 0 Å². The Hall–Kier alpha value is -1.09. The first-order valence-corrected chi connectivity index (χ1v) is 6.90. The molecule has 1 heterocycles. The van der Waals surface area contributed by atoms with Crippen LogP contribution in [0.25, 0.3) is 0 Å². The van der Waals surface area contributed by atoms with Crippen LogP contribution >= 0.6 is 0 Å². The predicted octanol–water partition coefficient (Wildman–Crippen LogP) is 3.20. The topological polar surface area (TPSA) is 28.2 Å². The first-order valence-electron chi connectivity index (χ1n) is 6.90. The molecule has 0 aromatic carbocycles. The van der Waals surface area contributed by atoms with E-state index in [9.17, 15) is 0 Å². The third kappa shape index (κ3) is 4.65. The molecule has 0 saturated carbocycles. The summed E-state index contributed by atoms with van der Waals surface area (Å²) in [5, 5.41) is 3.38. The summed E-state index contributed by atoms with van der Waals surface area (Å²) in [5.41, 5.74) is 1.21. The van der Waals surface area contributed by atoms with Crippen LogP contribution in [0.2, 0.25) is 0 Å². The lowest BCUT2D eigenvalue weighted by atomic mass is 9.90. The lowest BCUT2D eigenvalue weighted by Gasteiger charge is -2.19. The zero-order valence-corrected chi connectivity index (χ0v) is 12.4. The highest BCUT2D eigenvalue weighted by Gasteiger charge is 2.15. The third-order valence-corrected chi connectivity index (χ3v) is 3.26. The van der Waals surface area contributed by atoms with Crippen LogP contribution in [-0.4, -0.2) is 37.1 Å². The van der Waals surface area contributed by atoms with E-state index < -0.39 is 0 Å². The zero-order chi connectivity index (χ0) is 13.5. The highest BCUT2D eigenvalue weighted by molar-refractivity contribution is 5.36. The Labute approximate surface area is 112 Å². The number of rotatable bonds is 7. The van der Waals surface area contributed by atoms with Crippen LogP contribution in [0.15, 0.2) is 18.2 Å². The van der Waals surface area contributed by atoms with E-state index in [1.54, 1.807) is 0 Å². The quantitative estimate of drug-likeness (QED) is 0.804. The molecule has 1 rings (SSSR count). The van der Waals surface area contributed by atoms with E-state index in [-0.39, 0.29) is 0 Å². The summed E-state index contributed by atoms with van der Waals surface area (Å²) < 4.78 is 0. The molecular weight excluding hydrogens is 222 g/mol. The molecule has 1 aromatic rings. The van der Waals surface area contributed by atoms with Crippen molar-refractivity contribution >= 4 is 5.82 Å². The van der Waals surface area contributed by atoms with E-state index in [0.717, 1.165) is 25.3 Å². The van der Waals surface area contributed by atoms with Crippen LogP contribution in [0.4, 0.5) is 5.82 Å². The minimum absolute atomic E-state index is 0.556. The van der Waals surface area contributed by atoms with Crippen LogP contribution < -0.4 is 5.32 Å². The van der Waals surface area contributed by atoms with Crippen LogP contribution in [0, 0.1) is 5.92 Å². The van der Waals surface area contributed by atoms with Gasteiger partial charge in [0, 0.05) is 24.7 Å². The number of aromatic nitrogens is 1. The Balaban J connectivity index is 2.66. The van der Waals surface area contributed by atoms with Crippen LogP contribution in [0.3, 0.4) is 0 Å². The van der Waals surface area contributed by atoms with E-state index >= 15 is 0 Å². The Morgan fingerprint density at radius 2 is 2.00 bits per heavy atom. The number of nitrogens with zero attached hydrogens (tertiary/aromatic N) is 2. The highest BCUT2D eigenvalue weighted by Crippen LogP contribution is 2.26. The van der Waals surface area contributed by atoms with Crippen LogP contribution in [0.1, 0.15) is 38.8 Å². The summed E-state index contributed by atoms with van der Waals surface area (Å²) in [7, 11) is 4.16. The molecule has 1 N–H and O–H groups in total. The molecule has 0 saturated heterocycles. The van der Waals surface area contributed by atoms with Crippen molar-refractivity contribution in [3.8, 4) is 0 Å². The number of anilines is 1. The molecule has 1 unspecified atom stereocenters. The number of hydrogen-bond donors (Lipinski definition) is 1. The molecule has 0 aliphatic rings. The molecule has 0 aliphatic heterocycles. The summed E-state index contributed by atoms with van der Waals surface area (Å²) in [6, 6.07) is 6.29. The van der Waals surface area contributed by atoms with Crippen molar-refractivity contribution in [1.29, 1.82) is 0 Å². The standard InChI is InChI=1S/C15H27N3/c1-6-13(12(2)3)14-8-7-9-15(17-14)16-10-11-18(4)5/h7-9,12-13H,6,10-11H2,1-5H3,(H,16,17). The summed E-state index contributed by atoms with van der Waals surface area (Å²) in [4.78, 5) is 6.90. The van der Waals surface area contributed by atoms with Gasteiger partial charge in [-0.15, -0.1) is 0 Å². The van der Waals surface area contributed by atoms with Gasteiger partial charge < -0.3 is 10.2 Å². The second kappa shape index (κ2) is 7.37. The Kier molecular flexibility index (Phi) is 6.13. The molecule has 3 nitrogen and oxygen atoms in total. The van der Waals surface area contributed by atoms with Gasteiger partial charge in [-0.2, -0.15) is 0 Å². The van der Waals surface area contributed by atoms with Gasteiger partial charge in [-0.25, -0.2) is 4.98 Å². The summed E-state index contributed by atoms with van der Waals surface area (Å²) >= 11 is 0. The molecule has 1 atom stereocenters. The Morgan fingerprint density at radius 1 is 1.28 bits per heavy atom. The number of likely N-dealkylation sites (N-methyl/N-ethyl adjacent to an activating group) is 1. The highest BCUT2D eigenvalue weighted by atomic mass is 15.1. The maximum Gasteiger partial charge on any atom is 0.126 e. The Bertz CT molecular complexity index is 347. The minimum atomic E-state index is 0.556. The predicted molar refractivity (Wildman–Crippen MR) is 79.2 cm³/mol. The summed E-state index contributed by atoms with van der Waals surface area (Å²) in [5.74, 6) is 2.19. The van der Waals surface area contributed by atoms with Gasteiger partial charge in [0.1, 0.15) is 5.82 Å². The molecule has 0 bridgehead atoms. The van der Waals surface area contributed by atoms with Gasteiger partial charge in [0.2, 0.25) is 0 Å². The maximum atomic E-state index is 4.73. The van der Waals surface area contributed by atoms with Gasteiger partial charge >= 0.3 is 0 Å². The van der Waals surface area contributed by atoms with Gasteiger partial charge in [-0.3, -0.25) is 0 Å². The van der Waals surface area contributed by atoms with Crippen molar-refractivity contribution in [2.75, 3.05) is 32.5 Å². The van der Waals surface area contributed by atoms with E-state index in [1.807, 2.05) is 6.07 Å². The van der Waals surface area contributed by atoms with Gasteiger partial charge in [-0.05, 0) is 38.6 Å². The molecule has 0 radical (unpaired) electrons. The van der Waals surface area contributed by atoms with Gasteiger partial charge in [0.05, 0.1) is 0 Å². The lowest BCUT2D eigenvalue weighted by molar-refractivity contribution is 0.425.